The quantitative estimate of drug-likeness (QED) is 0.401. The smallest absolute Gasteiger partial charge is 0.257 e. The van der Waals surface area contributed by atoms with Crippen LogP contribution in [0.2, 0.25) is 0 Å². The topological polar surface area (TPSA) is 150 Å². The molecule has 0 fully saturated rings. The average Bonchev–Trinajstić information content (AvgIpc) is 2.99. The molecule has 0 aliphatic rings. The maximum atomic E-state index is 11.3. The minimum absolute atomic E-state index is 0.176. The molecule has 0 spiro atoms. The van der Waals surface area contributed by atoms with Gasteiger partial charge in [0.2, 0.25) is 17.8 Å². The third-order valence-corrected chi connectivity index (χ3v) is 2.82. The van der Waals surface area contributed by atoms with Gasteiger partial charge in [-0.15, -0.1) is 0 Å². The fourth-order valence-corrected chi connectivity index (χ4v) is 1.39. The largest absolute Gasteiger partial charge is 0.369 e. The van der Waals surface area contributed by atoms with Crippen molar-refractivity contribution in [3.63, 3.8) is 0 Å². The Morgan fingerprint density at radius 1 is 1.33 bits per heavy atom. The number of nitrogens with zero attached hydrogens (tertiary/aromatic N) is 5. The molecule has 2 rings (SSSR count). The average molecular weight is 291 g/mol. The van der Waals surface area contributed by atoms with E-state index in [1.54, 1.807) is 32.3 Å². The minimum atomic E-state index is -0.741. The highest BCUT2D eigenvalue weighted by atomic mass is 16.1. The van der Waals surface area contributed by atoms with Crippen molar-refractivity contribution in [2.45, 2.75) is 13.8 Å². The number of nitrogens with two attached hydrogens (primary N) is 2. The fourth-order valence-electron chi connectivity index (χ4n) is 1.39. The summed E-state index contributed by atoms with van der Waals surface area (Å²) in [6.07, 6.45) is 3.29. The molecule has 1 amide bonds. The predicted molar refractivity (Wildman–Crippen MR) is 76.2 cm³/mol. The van der Waals surface area contributed by atoms with Crippen LogP contribution in [0.3, 0.4) is 0 Å². The van der Waals surface area contributed by atoms with Crippen molar-refractivity contribution in [1.82, 2.24) is 24.7 Å². The number of carbonyl (C=O) groups is 1. The van der Waals surface area contributed by atoms with Gasteiger partial charge in [-0.1, -0.05) is 0 Å². The first-order chi connectivity index (χ1) is 9.92. The van der Waals surface area contributed by atoms with Gasteiger partial charge in [0.25, 0.3) is 5.95 Å². The molecule has 112 valence electrons. The van der Waals surface area contributed by atoms with E-state index >= 15 is 0 Å². The molecule has 10 nitrogen and oxygen atoms in total. The first kappa shape index (κ1) is 14.7. The summed E-state index contributed by atoms with van der Waals surface area (Å²) in [7, 11) is 0. The van der Waals surface area contributed by atoms with Crippen LogP contribution in [0.15, 0.2) is 18.5 Å². The van der Waals surface area contributed by atoms with Crippen LogP contribution >= 0.6 is 0 Å². The lowest BCUT2D eigenvalue weighted by Gasteiger charge is -2.20. The molecule has 0 unspecified atom stereocenters. The third-order valence-electron chi connectivity index (χ3n) is 2.82. The fraction of sp³-hybridized carbons (Fsp3) is 0.364. The number of nitrogen functional groups attached to an aromatic ring is 1. The number of primary amides is 1. The summed E-state index contributed by atoms with van der Waals surface area (Å²) in [5.74, 6) is 5.65. The number of anilines is 2. The highest BCUT2D eigenvalue weighted by molar-refractivity contribution is 5.80. The first-order valence-corrected chi connectivity index (χ1v) is 6.19. The molecule has 0 radical (unpaired) electrons. The van der Waals surface area contributed by atoms with Crippen LogP contribution in [0.1, 0.15) is 13.8 Å². The zero-order chi connectivity index (χ0) is 15.5. The van der Waals surface area contributed by atoms with Gasteiger partial charge in [-0.2, -0.15) is 20.1 Å². The van der Waals surface area contributed by atoms with Crippen LogP contribution < -0.4 is 22.3 Å². The van der Waals surface area contributed by atoms with E-state index in [1.807, 2.05) is 0 Å². The molecule has 0 saturated heterocycles. The number of amides is 1. The molecule has 2 aromatic heterocycles. The molecule has 21 heavy (non-hydrogen) atoms. The summed E-state index contributed by atoms with van der Waals surface area (Å²) >= 11 is 0. The molecule has 10 heteroatoms. The van der Waals surface area contributed by atoms with E-state index in [-0.39, 0.29) is 18.4 Å². The number of aromatic nitrogens is 5. The Balaban J connectivity index is 2.24. The van der Waals surface area contributed by atoms with Crippen molar-refractivity contribution >= 4 is 17.8 Å². The van der Waals surface area contributed by atoms with E-state index in [4.69, 9.17) is 11.6 Å². The van der Waals surface area contributed by atoms with Gasteiger partial charge in [0, 0.05) is 18.9 Å². The second-order valence-electron chi connectivity index (χ2n) is 4.98. The molecule has 0 aliphatic heterocycles. The molecule has 0 aliphatic carbocycles. The summed E-state index contributed by atoms with van der Waals surface area (Å²) < 4.78 is 1.47. The molecule has 0 atom stereocenters. The Bertz CT molecular complexity index is 623. The van der Waals surface area contributed by atoms with Crippen molar-refractivity contribution in [2.24, 2.45) is 17.0 Å². The molecule has 2 aromatic rings. The number of nitrogens with one attached hydrogen (secondary N) is 2. The van der Waals surface area contributed by atoms with Gasteiger partial charge < -0.3 is 11.1 Å². The Labute approximate surface area is 120 Å². The van der Waals surface area contributed by atoms with Crippen LogP contribution in [-0.4, -0.2) is 37.2 Å². The molecule has 0 saturated carbocycles. The van der Waals surface area contributed by atoms with Gasteiger partial charge in [-0.05, 0) is 19.9 Å². The first-order valence-electron chi connectivity index (χ1n) is 6.19. The molecular weight excluding hydrogens is 274 g/mol. The summed E-state index contributed by atoms with van der Waals surface area (Å²) in [6.45, 7) is 3.72. The highest BCUT2D eigenvalue weighted by Gasteiger charge is 2.25. The summed E-state index contributed by atoms with van der Waals surface area (Å²) in [5, 5.41) is 6.98. The van der Waals surface area contributed by atoms with Crippen LogP contribution in [0, 0.1) is 5.41 Å². The Kier molecular flexibility index (Phi) is 3.98. The normalized spacial score (nSPS) is 11.2. The van der Waals surface area contributed by atoms with Gasteiger partial charge in [0.1, 0.15) is 0 Å². The van der Waals surface area contributed by atoms with Gasteiger partial charge in [-0.3, -0.25) is 10.2 Å². The second-order valence-corrected chi connectivity index (χ2v) is 4.98. The number of hydrogen-bond acceptors (Lipinski definition) is 8. The second kappa shape index (κ2) is 5.71. The Hall–Kier alpha value is -2.75. The molecule has 0 aromatic carbocycles. The zero-order valence-corrected chi connectivity index (χ0v) is 11.7. The minimum Gasteiger partial charge on any atom is -0.369 e. The van der Waals surface area contributed by atoms with Crippen molar-refractivity contribution < 1.29 is 4.79 Å². The SMILES string of the molecule is CC(C)(CNc1nc(NN)nc(-n2cccn2)n1)C(N)=O. The lowest BCUT2D eigenvalue weighted by atomic mass is 9.93. The summed E-state index contributed by atoms with van der Waals surface area (Å²) in [4.78, 5) is 23.7. The van der Waals surface area contributed by atoms with E-state index in [2.05, 4.69) is 30.8 Å². The highest BCUT2D eigenvalue weighted by Crippen LogP contribution is 2.15. The van der Waals surface area contributed by atoms with Crippen molar-refractivity contribution in [3.8, 4) is 5.95 Å². The molecule has 6 N–H and O–H groups in total. The van der Waals surface area contributed by atoms with Crippen molar-refractivity contribution in [1.29, 1.82) is 0 Å². The van der Waals surface area contributed by atoms with Crippen LogP contribution in [-0.2, 0) is 4.79 Å². The van der Waals surface area contributed by atoms with Crippen LogP contribution in [0.4, 0.5) is 11.9 Å². The van der Waals surface area contributed by atoms with E-state index in [1.165, 1.54) is 4.68 Å². The van der Waals surface area contributed by atoms with Gasteiger partial charge >= 0.3 is 0 Å². The molecular formula is C11H17N9O. The van der Waals surface area contributed by atoms with Crippen molar-refractivity contribution in [3.05, 3.63) is 18.5 Å². The number of hydrazine groups is 1. The third kappa shape index (κ3) is 3.42. The predicted octanol–water partition coefficient (Wildman–Crippen LogP) is -0.734. The number of rotatable bonds is 6. The van der Waals surface area contributed by atoms with Crippen molar-refractivity contribution in [2.75, 3.05) is 17.3 Å². The lowest BCUT2D eigenvalue weighted by Crippen LogP contribution is -2.37. The number of hydrogen-bond donors (Lipinski definition) is 4. The summed E-state index contributed by atoms with van der Waals surface area (Å²) in [6, 6.07) is 1.74. The van der Waals surface area contributed by atoms with Crippen LogP contribution in [0.5, 0.6) is 0 Å². The molecule has 2 heterocycles. The van der Waals surface area contributed by atoms with Gasteiger partial charge in [-0.25, -0.2) is 10.5 Å². The maximum Gasteiger partial charge on any atom is 0.257 e. The van der Waals surface area contributed by atoms with E-state index in [0.717, 1.165) is 0 Å². The monoisotopic (exact) mass is 291 g/mol. The van der Waals surface area contributed by atoms with E-state index < -0.39 is 11.3 Å². The maximum absolute atomic E-state index is 11.3. The van der Waals surface area contributed by atoms with E-state index in [0.29, 0.717) is 5.95 Å². The van der Waals surface area contributed by atoms with Gasteiger partial charge in [0.05, 0.1) is 5.41 Å². The zero-order valence-electron chi connectivity index (χ0n) is 11.7. The number of carbonyl (C=O) groups excluding carboxylic acids is 1. The molecule has 0 bridgehead atoms. The lowest BCUT2D eigenvalue weighted by molar-refractivity contribution is -0.125. The summed E-state index contributed by atoms with van der Waals surface area (Å²) in [5.41, 5.74) is 6.93. The standard InChI is InChI=1S/C11H17N9O/c1-11(2,7(12)21)6-14-8-16-9(19-13)18-10(17-8)20-5-3-4-15-20/h3-5H,6,13H2,1-2H3,(H2,12,21)(H2,14,16,17,18,19). The Morgan fingerprint density at radius 3 is 2.62 bits per heavy atom. The van der Waals surface area contributed by atoms with E-state index in [9.17, 15) is 4.79 Å². The Morgan fingerprint density at radius 2 is 2.05 bits per heavy atom. The van der Waals surface area contributed by atoms with Gasteiger partial charge in [0.15, 0.2) is 0 Å². The van der Waals surface area contributed by atoms with Crippen LogP contribution in [0.25, 0.3) is 5.95 Å².